The molecule has 0 radical (unpaired) electrons. The van der Waals surface area contributed by atoms with E-state index in [1.165, 1.54) is 51.1 Å². The van der Waals surface area contributed by atoms with Gasteiger partial charge in [-0.2, -0.15) is 0 Å². The molecule has 0 amide bonds. The average molecular weight is 304 g/mol. The summed E-state index contributed by atoms with van der Waals surface area (Å²) in [6, 6.07) is 10.8. The number of piperazine rings is 1. The molecule has 0 saturated carbocycles. The Morgan fingerprint density at radius 1 is 0.909 bits per heavy atom. The third kappa shape index (κ3) is 6.91. The predicted molar refractivity (Wildman–Crippen MR) is 92.9 cm³/mol. The maximum Gasteiger partial charge on any atom is 0.0591 e. The van der Waals surface area contributed by atoms with Gasteiger partial charge in [-0.05, 0) is 38.8 Å². The van der Waals surface area contributed by atoms with Crippen LogP contribution in [0.4, 0.5) is 0 Å². The molecule has 2 rings (SSSR count). The first-order valence-electron chi connectivity index (χ1n) is 8.74. The van der Waals surface area contributed by atoms with Gasteiger partial charge in [0.05, 0.1) is 5.60 Å². The Kier molecular flexibility index (Phi) is 6.87. The minimum Gasteiger partial charge on any atom is -0.390 e. The third-order valence-electron chi connectivity index (χ3n) is 4.48. The Hall–Kier alpha value is -0.900. The summed E-state index contributed by atoms with van der Waals surface area (Å²) >= 11 is 0. The van der Waals surface area contributed by atoms with E-state index in [1.807, 2.05) is 13.8 Å². The van der Waals surface area contributed by atoms with Crippen molar-refractivity contribution in [2.75, 3.05) is 32.7 Å². The Balaban J connectivity index is 1.56. The van der Waals surface area contributed by atoms with E-state index >= 15 is 0 Å². The molecule has 1 aliphatic heterocycles. The lowest BCUT2D eigenvalue weighted by atomic mass is 10.0. The normalized spacial score (nSPS) is 17.8. The van der Waals surface area contributed by atoms with Gasteiger partial charge in [-0.1, -0.05) is 43.2 Å². The van der Waals surface area contributed by atoms with Crippen molar-refractivity contribution in [2.24, 2.45) is 0 Å². The van der Waals surface area contributed by atoms with Gasteiger partial charge in [0.2, 0.25) is 0 Å². The van der Waals surface area contributed by atoms with Crippen molar-refractivity contribution in [1.29, 1.82) is 0 Å². The molecule has 1 saturated heterocycles. The molecular weight excluding hydrogens is 272 g/mol. The fourth-order valence-corrected chi connectivity index (χ4v) is 3.08. The van der Waals surface area contributed by atoms with Crippen LogP contribution in [0.15, 0.2) is 30.3 Å². The molecule has 1 N–H and O–H groups in total. The van der Waals surface area contributed by atoms with Crippen molar-refractivity contribution in [3.8, 4) is 0 Å². The summed E-state index contributed by atoms with van der Waals surface area (Å²) in [4.78, 5) is 5.14. The minimum absolute atomic E-state index is 0.497. The monoisotopic (exact) mass is 304 g/mol. The highest BCUT2D eigenvalue weighted by atomic mass is 16.3. The van der Waals surface area contributed by atoms with Crippen molar-refractivity contribution in [1.82, 2.24) is 9.80 Å². The molecule has 1 fully saturated rings. The zero-order valence-corrected chi connectivity index (χ0v) is 14.3. The van der Waals surface area contributed by atoms with E-state index in [1.54, 1.807) is 0 Å². The van der Waals surface area contributed by atoms with Crippen molar-refractivity contribution >= 4 is 0 Å². The Morgan fingerprint density at radius 2 is 1.55 bits per heavy atom. The number of rotatable bonds is 8. The number of unbranched alkanes of at least 4 members (excludes halogenated alkanes) is 2. The first-order valence-corrected chi connectivity index (χ1v) is 8.74. The van der Waals surface area contributed by atoms with E-state index in [0.717, 1.165) is 19.4 Å². The maximum atomic E-state index is 9.70. The molecule has 1 aromatic carbocycles. The van der Waals surface area contributed by atoms with E-state index in [-0.39, 0.29) is 0 Å². The van der Waals surface area contributed by atoms with E-state index in [4.69, 9.17) is 0 Å². The van der Waals surface area contributed by atoms with E-state index in [2.05, 4.69) is 40.1 Å². The smallest absolute Gasteiger partial charge is 0.0591 e. The predicted octanol–water partition coefficient (Wildman–Crippen LogP) is 3.14. The zero-order valence-electron chi connectivity index (χ0n) is 14.3. The molecule has 3 heteroatoms. The second-order valence-corrected chi connectivity index (χ2v) is 7.23. The average Bonchev–Trinajstić information content (AvgIpc) is 2.48. The quantitative estimate of drug-likeness (QED) is 0.748. The Morgan fingerprint density at radius 3 is 2.18 bits per heavy atom. The van der Waals surface area contributed by atoms with Crippen molar-refractivity contribution < 1.29 is 5.11 Å². The minimum atomic E-state index is -0.497. The SMILES string of the molecule is CC(C)(O)CCCCCN1CCN(Cc2ccccc2)CC1. The summed E-state index contributed by atoms with van der Waals surface area (Å²) in [6.07, 6.45) is 4.54. The molecule has 0 unspecified atom stereocenters. The topological polar surface area (TPSA) is 26.7 Å². The lowest BCUT2D eigenvalue weighted by Gasteiger charge is -2.34. The molecule has 22 heavy (non-hydrogen) atoms. The van der Waals surface area contributed by atoms with Crippen LogP contribution in [0.3, 0.4) is 0 Å². The van der Waals surface area contributed by atoms with Crippen molar-refractivity contribution in [3.63, 3.8) is 0 Å². The molecule has 1 aromatic rings. The fourth-order valence-electron chi connectivity index (χ4n) is 3.08. The summed E-state index contributed by atoms with van der Waals surface area (Å²) in [7, 11) is 0. The van der Waals surface area contributed by atoms with Crippen LogP contribution in [0.5, 0.6) is 0 Å². The van der Waals surface area contributed by atoms with E-state index in [0.29, 0.717) is 0 Å². The summed E-state index contributed by atoms with van der Waals surface area (Å²) < 4.78 is 0. The van der Waals surface area contributed by atoms with Gasteiger partial charge in [-0.3, -0.25) is 4.90 Å². The summed E-state index contributed by atoms with van der Waals surface area (Å²) in [5.74, 6) is 0. The van der Waals surface area contributed by atoms with Gasteiger partial charge in [0.15, 0.2) is 0 Å². The van der Waals surface area contributed by atoms with Crippen LogP contribution in [-0.4, -0.2) is 53.2 Å². The van der Waals surface area contributed by atoms with Gasteiger partial charge in [0, 0.05) is 32.7 Å². The lowest BCUT2D eigenvalue weighted by Crippen LogP contribution is -2.46. The number of aliphatic hydroxyl groups is 1. The Bertz CT molecular complexity index is 405. The third-order valence-corrected chi connectivity index (χ3v) is 4.48. The summed E-state index contributed by atoms with van der Waals surface area (Å²) in [6.45, 7) is 10.8. The number of nitrogens with zero attached hydrogens (tertiary/aromatic N) is 2. The van der Waals surface area contributed by atoms with Crippen LogP contribution < -0.4 is 0 Å². The van der Waals surface area contributed by atoms with E-state index in [9.17, 15) is 5.11 Å². The maximum absolute atomic E-state index is 9.70. The van der Waals surface area contributed by atoms with Gasteiger partial charge in [-0.15, -0.1) is 0 Å². The molecule has 1 aliphatic rings. The highest BCUT2D eigenvalue weighted by Crippen LogP contribution is 2.14. The van der Waals surface area contributed by atoms with Crippen LogP contribution in [0.25, 0.3) is 0 Å². The van der Waals surface area contributed by atoms with Gasteiger partial charge in [0.25, 0.3) is 0 Å². The molecule has 0 aromatic heterocycles. The fraction of sp³-hybridized carbons (Fsp3) is 0.684. The Labute approximate surface area is 135 Å². The van der Waals surface area contributed by atoms with Crippen LogP contribution in [0.2, 0.25) is 0 Å². The van der Waals surface area contributed by atoms with Crippen molar-refractivity contribution in [3.05, 3.63) is 35.9 Å². The van der Waals surface area contributed by atoms with Crippen LogP contribution in [0.1, 0.15) is 45.1 Å². The van der Waals surface area contributed by atoms with Gasteiger partial charge in [0.1, 0.15) is 0 Å². The summed E-state index contributed by atoms with van der Waals surface area (Å²) in [5, 5.41) is 9.70. The molecule has 0 aliphatic carbocycles. The van der Waals surface area contributed by atoms with Crippen LogP contribution in [0, 0.1) is 0 Å². The lowest BCUT2D eigenvalue weighted by molar-refractivity contribution is 0.0673. The number of hydrogen-bond acceptors (Lipinski definition) is 3. The molecule has 1 heterocycles. The van der Waals surface area contributed by atoms with Gasteiger partial charge in [-0.25, -0.2) is 0 Å². The number of benzene rings is 1. The molecular formula is C19H32N2O. The molecule has 0 bridgehead atoms. The van der Waals surface area contributed by atoms with Crippen molar-refractivity contribution in [2.45, 2.75) is 51.7 Å². The second kappa shape index (κ2) is 8.66. The van der Waals surface area contributed by atoms with Gasteiger partial charge >= 0.3 is 0 Å². The standard InChI is InChI=1S/C19H32N2O/c1-19(2,22)11-7-4-8-12-20-13-15-21(16-14-20)17-18-9-5-3-6-10-18/h3,5-6,9-10,22H,4,7-8,11-17H2,1-2H3. The zero-order chi connectivity index (χ0) is 15.8. The molecule has 0 spiro atoms. The van der Waals surface area contributed by atoms with Crippen LogP contribution in [-0.2, 0) is 6.54 Å². The number of hydrogen-bond donors (Lipinski definition) is 1. The first kappa shape index (κ1) is 17.5. The highest BCUT2D eigenvalue weighted by Gasteiger charge is 2.16. The second-order valence-electron chi connectivity index (χ2n) is 7.23. The molecule has 0 atom stereocenters. The largest absolute Gasteiger partial charge is 0.390 e. The van der Waals surface area contributed by atoms with Crippen LogP contribution >= 0.6 is 0 Å². The highest BCUT2D eigenvalue weighted by molar-refractivity contribution is 5.14. The van der Waals surface area contributed by atoms with Gasteiger partial charge < -0.3 is 10.0 Å². The first-order chi connectivity index (χ1) is 10.5. The molecule has 3 nitrogen and oxygen atoms in total. The summed E-state index contributed by atoms with van der Waals surface area (Å²) in [5.41, 5.74) is 0.922. The van der Waals surface area contributed by atoms with E-state index < -0.39 is 5.60 Å². The molecule has 124 valence electrons.